The van der Waals surface area contributed by atoms with Crippen molar-refractivity contribution >= 4 is 0 Å². The number of rotatable bonds is 11. The van der Waals surface area contributed by atoms with E-state index < -0.39 is 5.82 Å². The summed E-state index contributed by atoms with van der Waals surface area (Å²) in [5.74, 6) is 1.50. The molecule has 0 spiro atoms. The number of aromatic nitrogens is 2. The van der Waals surface area contributed by atoms with E-state index >= 15 is 0 Å². The van der Waals surface area contributed by atoms with Gasteiger partial charge in [-0.05, 0) is 66.8 Å². The van der Waals surface area contributed by atoms with Gasteiger partial charge in [0.1, 0.15) is 11.9 Å². The molecule has 0 unspecified atom stereocenters. The Hall–Kier alpha value is -3.06. The van der Waals surface area contributed by atoms with E-state index in [-0.39, 0.29) is 5.56 Å². The summed E-state index contributed by atoms with van der Waals surface area (Å²) in [6.45, 7) is 2.28. The SMILES string of the molecule is CCCCCCCCCC1CCC(c2ccc(-c3cnc(-c4ccc(C#N)c(F)c4)nc3)cc2)CC1. The number of benzene rings is 2. The van der Waals surface area contributed by atoms with Gasteiger partial charge in [0.25, 0.3) is 0 Å². The van der Waals surface area contributed by atoms with Gasteiger partial charge in [-0.1, -0.05) is 82.6 Å². The summed E-state index contributed by atoms with van der Waals surface area (Å²) in [4.78, 5) is 8.86. The Kier molecular flexibility index (Phi) is 9.61. The van der Waals surface area contributed by atoms with Crippen LogP contribution in [0.3, 0.4) is 0 Å². The van der Waals surface area contributed by atoms with Crippen LogP contribution in [0.2, 0.25) is 0 Å². The van der Waals surface area contributed by atoms with Gasteiger partial charge in [-0.3, -0.25) is 0 Å². The molecule has 1 fully saturated rings. The third-order valence-corrected chi connectivity index (χ3v) is 7.78. The van der Waals surface area contributed by atoms with Gasteiger partial charge in [0.2, 0.25) is 0 Å². The van der Waals surface area contributed by atoms with Crippen LogP contribution < -0.4 is 0 Å². The Morgan fingerprint density at radius 2 is 1.44 bits per heavy atom. The van der Waals surface area contributed by atoms with Gasteiger partial charge in [-0.25, -0.2) is 14.4 Å². The third-order valence-electron chi connectivity index (χ3n) is 7.78. The molecule has 4 heteroatoms. The summed E-state index contributed by atoms with van der Waals surface area (Å²) < 4.78 is 13.9. The molecule has 3 nitrogen and oxygen atoms in total. The third kappa shape index (κ3) is 7.00. The number of halogens is 1. The second-order valence-corrected chi connectivity index (χ2v) is 10.4. The molecule has 1 aromatic heterocycles. The Balaban J connectivity index is 1.25. The molecule has 0 bridgehead atoms. The van der Waals surface area contributed by atoms with Crippen molar-refractivity contribution in [1.82, 2.24) is 9.97 Å². The molecular weight excluding hydrogens is 445 g/mol. The van der Waals surface area contributed by atoms with E-state index in [1.807, 2.05) is 6.07 Å². The zero-order valence-corrected chi connectivity index (χ0v) is 21.6. The molecular formula is C32H38FN3. The van der Waals surface area contributed by atoms with Crippen molar-refractivity contribution in [3.8, 4) is 28.6 Å². The van der Waals surface area contributed by atoms with Crippen LogP contribution in [0.1, 0.15) is 101 Å². The molecule has 0 aliphatic heterocycles. The van der Waals surface area contributed by atoms with E-state index in [0.29, 0.717) is 17.3 Å². The highest BCUT2D eigenvalue weighted by atomic mass is 19.1. The average molecular weight is 484 g/mol. The fraction of sp³-hybridized carbons (Fsp3) is 0.469. The molecule has 0 saturated heterocycles. The topological polar surface area (TPSA) is 49.6 Å². The minimum atomic E-state index is -0.551. The molecule has 188 valence electrons. The molecule has 0 N–H and O–H groups in total. The van der Waals surface area contributed by atoms with Crippen LogP contribution in [0.4, 0.5) is 4.39 Å². The monoisotopic (exact) mass is 483 g/mol. The zero-order valence-electron chi connectivity index (χ0n) is 21.6. The van der Waals surface area contributed by atoms with E-state index in [1.54, 1.807) is 18.5 Å². The first-order chi connectivity index (χ1) is 17.7. The smallest absolute Gasteiger partial charge is 0.159 e. The summed E-state index contributed by atoms with van der Waals surface area (Å²) in [6, 6.07) is 15.1. The molecule has 0 radical (unpaired) electrons. The highest BCUT2D eigenvalue weighted by molar-refractivity contribution is 5.64. The minimum absolute atomic E-state index is 0.0251. The number of unbranched alkanes of at least 4 members (excludes halogenated alkanes) is 6. The van der Waals surface area contributed by atoms with Crippen molar-refractivity contribution in [2.75, 3.05) is 0 Å². The lowest BCUT2D eigenvalue weighted by Crippen LogP contribution is -2.13. The van der Waals surface area contributed by atoms with Crippen LogP contribution in [0, 0.1) is 23.1 Å². The van der Waals surface area contributed by atoms with E-state index in [9.17, 15) is 4.39 Å². The Labute approximate surface area is 215 Å². The first-order valence-electron chi connectivity index (χ1n) is 13.8. The van der Waals surface area contributed by atoms with Crippen LogP contribution in [-0.4, -0.2) is 9.97 Å². The molecule has 2 aromatic carbocycles. The van der Waals surface area contributed by atoms with E-state index in [2.05, 4.69) is 41.2 Å². The van der Waals surface area contributed by atoms with Crippen molar-refractivity contribution in [2.45, 2.75) is 89.9 Å². The van der Waals surface area contributed by atoms with Crippen molar-refractivity contribution in [3.63, 3.8) is 0 Å². The Morgan fingerprint density at radius 3 is 2.08 bits per heavy atom. The molecule has 0 amide bonds. The molecule has 1 aliphatic rings. The molecule has 3 aromatic rings. The zero-order chi connectivity index (χ0) is 25.2. The molecule has 0 atom stereocenters. The molecule has 36 heavy (non-hydrogen) atoms. The maximum atomic E-state index is 13.9. The highest BCUT2D eigenvalue weighted by Crippen LogP contribution is 2.38. The number of nitriles is 1. The van der Waals surface area contributed by atoms with Gasteiger partial charge in [0, 0.05) is 23.5 Å². The van der Waals surface area contributed by atoms with Crippen LogP contribution in [-0.2, 0) is 0 Å². The lowest BCUT2D eigenvalue weighted by Gasteiger charge is -2.29. The fourth-order valence-electron chi connectivity index (χ4n) is 5.49. The molecule has 4 rings (SSSR count). The van der Waals surface area contributed by atoms with Crippen LogP contribution in [0.5, 0.6) is 0 Å². The molecule has 1 aliphatic carbocycles. The van der Waals surface area contributed by atoms with Crippen LogP contribution in [0.25, 0.3) is 22.5 Å². The van der Waals surface area contributed by atoms with Gasteiger partial charge in [-0.15, -0.1) is 0 Å². The van der Waals surface area contributed by atoms with Crippen LogP contribution >= 0.6 is 0 Å². The average Bonchev–Trinajstić information content (AvgIpc) is 2.93. The predicted molar refractivity (Wildman–Crippen MR) is 145 cm³/mol. The first kappa shape index (κ1) is 26.0. The normalized spacial score (nSPS) is 17.6. The second-order valence-electron chi connectivity index (χ2n) is 10.4. The Bertz CT molecular complexity index is 1120. The van der Waals surface area contributed by atoms with Crippen LogP contribution in [0.15, 0.2) is 54.9 Å². The quantitative estimate of drug-likeness (QED) is 0.255. The lowest BCUT2D eigenvalue weighted by atomic mass is 9.77. The number of hydrogen-bond donors (Lipinski definition) is 0. The summed E-state index contributed by atoms with van der Waals surface area (Å²) >= 11 is 0. The molecule has 1 heterocycles. The van der Waals surface area contributed by atoms with Gasteiger partial charge in [0.15, 0.2) is 5.82 Å². The number of hydrogen-bond acceptors (Lipinski definition) is 3. The Morgan fingerprint density at radius 1 is 0.806 bits per heavy atom. The highest BCUT2D eigenvalue weighted by Gasteiger charge is 2.22. The summed E-state index contributed by atoms with van der Waals surface area (Å²) in [5, 5.41) is 8.90. The first-order valence-corrected chi connectivity index (χ1v) is 13.8. The lowest BCUT2D eigenvalue weighted by molar-refractivity contribution is 0.302. The van der Waals surface area contributed by atoms with Gasteiger partial charge in [-0.2, -0.15) is 5.26 Å². The minimum Gasteiger partial charge on any atom is -0.236 e. The standard InChI is InChI=1S/C32H38FN3/c1-2-3-4-5-6-7-8-9-24-10-12-25(13-11-24)26-14-16-27(17-15-26)30-22-35-32(36-23-30)28-18-19-29(21-34)31(33)20-28/h14-20,22-25H,2-13H2,1H3. The van der Waals surface area contributed by atoms with Gasteiger partial charge >= 0.3 is 0 Å². The van der Waals surface area contributed by atoms with Crippen molar-refractivity contribution in [2.24, 2.45) is 5.92 Å². The van der Waals surface area contributed by atoms with Crippen molar-refractivity contribution < 1.29 is 4.39 Å². The van der Waals surface area contributed by atoms with Gasteiger partial charge in [0.05, 0.1) is 5.56 Å². The maximum absolute atomic E-state index is 13.9. The van der Waals surface area contributed by atoms with Crippen molar-refractivity contribution in [3.05, 3.63) is 71.8 Å². The fourth-order valence-corrected chi connectivity index (χ4v) is 5.49. The van der Waals surface area contributed by atoms with Gasteiger partial charge < -0.3 is 0 Å². The van der Waals surface area contributed by atoms with Crippen molar-refractivity contribution in [1.29, 1.82) is 5.26 Å². The number of nitrogens with zero attached hydrogens (tertiary/aromatic N) is 3. The van der Waals surface area contributed by atoms with E-state index in [0.717, 1.165) is 17.0 Å². The summed E-state index contributed by atoms with van der Waals surface area (Å²) in [5.41, 5.74) is 4.06. The summed E-state index contributed by atoms with van der Waals surface area (Å²) in [6.07, 6.45) is 20.1. The maximum Gasteiger partial charge on any atom is 0.159 e. The largest absolute Gasteiger partial charge is 0.236 e. The van der Waals surface area contributed by atoms with E-state index in [4.69, 9.17) is 5.26 Å². The second kappa shape index (κ2) is 13.3. The van der Waals surface area contributed by atoms with E-state index in [1.165, 1.54) is 94.7 Å². The summed E-state index contributed by atoms with van der Waals surface area (Å²) in [7, 11) is 0. The molecule has 1 saturated carbocycles. The predicted octanol–water partition coefficient (Wildman–Crippen LogP) is 9.24.